The van der Waals surface area contributed by atoms with E-state index >= 15 is 0 Å². The number of nitrogens with zero attached hydrogens (tertiary/aromatic N) is 1. The van der Waals surface area contributed by atoms with Gasteiger partial charge in [-0.3, -0.25) is 4.79 Å². The van der Waals surface area contributed by atoms with Crippen LogP contribution in [0.5, 0.6) is 0 Å². The first-order chi connectivity index (χ1) is 16.1. The Morgan fingerprint density at radius 1 is 1.06 bits per heavy atom. The SMILES string of the molecule is CCOC(=O)c1csc([C@@H]2C[C@@H](CC(=O)OCC3c4ccccc4-c4ccccc43)CN2)n1. The molecule has 1 aliphatic carbocycles. The van der Waals surface area contributed by atoms with Crippen molar-refractivity contribution in [1.29, 1.82) is 0 Å². The van der Waals surface area contributed by atoms with E-state index in [9.17, 15) is 9.59 Å². The van der Waals surface area contributed by atoms with Crippen LogP contribution in [-0.2, 0) is 14.3 Å². The van der Waals surface area contributed by atoms with Crippen LogP contribution >= 0.6 is 11.3 Å². The second-order valence-electron chi connectivity index (χ2n) is 8.47. The quantitative estimate of drug-likeness (QED) is 0.512. The second-order valence-corrected chi connectivity index (χ2v) is 9.36. The van der Waals surface area contributed by atoms with E-state index in [0.717, 1.165) is 18.0 Å². The normalized spacial score (nSPS) is 19.2. The van der Waals surface area contributed by atoms with Crippen LogP contribution in [0.4, 0.5) is 0 Å². The van der Waals surface area contributed by atoms with Gasteiger partial charge >= 0.3 is 11.9 Å². The summed E-state index contributed by atoms with van der Waals surface area (Å²) in [6.07, 6.45) is 1.16. The van der Waals surface area contributed by atoms with Gasteiger partial charge in [0.2, 0.25) is 0 Å². The minimum atomic E-state index is -0.395. The van der Waals surface area contributed by atoms with Crippen LogP contribution in [-0.4, -0.2) is 36.7 Å². The summed E-state index contributed by atoms with van der Waals surface area (Å²) in [5.41, 5.74) is 5.23. The van der Waals surface area contributed by atoms with Crippen molar-refractivity contribution in [3.05, 3.63) is 75.7 Å². The molecule has 170 valence electrons. The van der Waals surface area contributed by atoms with Gasteiger partial charge in [0, 0.05) is 17.7 Å². The van der Waals surface area contributed by atoms with Crippen molar-refractivity contribution in [1.82, 2.24) is 10.3 Å². The van der Waals surface area contributed by atoms with Crippen LogP contribution < -0.4 is 5.32 Å². The summed E-state index contributed by atoms with van der Waals surface area (Å²) in [6, 6.07) is 16.7. The summed E-state index contributed by atoms with van der Waals surface area (Å²) >= 11 is 1.45. The summed E-state index contributed by atoms with van der Waals surface area (Å²) in [5.74, 6) is -0.308. The van der Waals surface area contributed by atoms with Crippen molar-refractivity contribution < 1.29 is 19.1 Å². The van der Waals surface area contributed by atoms with Crippen LogP contribution in [0.3, 0.4) is 0 Å². The van der Waals surface area contributed by atoms with Crippen molar-refractivity contribution in [3.8, 4) is 11.1 Å². The minimum Gasteiger partial charge on any atom is -0.465 e. The van der Waals surface area contributed by atoms with Gasteiger partial charge in [0.15, 0.2) is 5.69 Å². The van der Waals surface area contributed by atoms with E-state index in [4.69, 9.17) is 9.47 Å². The van der Waals surface area contributed by atoms with Gasteiger partial charge < -0.3 is 14.8 Å². The van der Waals surface area contributed by atoms with Gasteiger partial charge in [0.1, 0.15) is 11.6 Å². The average Bonchev–Trinajstić information content (AvgIpc) is 3.56. The first kappa shape index (κ1) is 21.8. The minimum absolute atomic E-state index is 0.0459. The number of aromatic nitrogens is 1. The number of carbonyl (C=O) groups excluding carboxylic acids is 2. The summed E-state index contributed by atoms with van der Waals surface area (Å²) < 4.78 is 10.8. The highest BCUT2D eigenvalue weighted by atomic mass is 32.1. The van der Waals surface area contributed by atoms with Crippen LogP contribution in [0.1, 0.15) is 58.3 Å². The molecule has 0 saturated carbocycles. The zero-order chi connectivity index (χ0) is 22.8. The third-order valence-corrected chi connectivity index (χ3v) is 7.31. The summed E-state index contributed by atoms with van der Waals surface area (Å²) in [5, 5.41) is 6.01. The molecule has 2 aromatic carbocycles. The van der Waals surface area contributed by atoms with E-state index in [1.165, 1.54) is 33.6 Å². The highest BCUT2D eigenvalue weighted by molar-refractivity contribution is 7.09. The lowest BCUT2D eigenvalue weighted by Gasteiger charge is -2.15. The molecule has 0 amide bonds. The topological polar surface area (TPSA) is 77.5 Å². The smallest absolute Gasteiger partial charge is 0.357 e. The average molecular weight is 463 g/mol. The first-order valence-corrected chi connectivity index (χ1v) is 12.2. The molecule has 7 heteroatoms. The number of rotatable bonds is 7. The largest absolute Gasteiger partial charge is 0.465 e. The van der Waals surface area contributed by atoms with Crippen molar-refractivity contribution in [2.45, 2.75) is 31.7 Å². The Morgan fingerprint density at radius 2 is 1.76 bits per heavy atom. The van der Waals surface area contributed by atoms with E-state index < -0.39 is 5.97 Å². The molecule has 5 rings (SSSR count). The zero-order valence-corrected chi connectivity index (χ0v) is 19.3. The fourth-order valence-corrected chi connectivity index (χ4v) is 5.69. The Kier molecular flexibility index (Phi) is 6.24. The Morgan fingerprint density at radius 3 is 2.45 bits per heavy atom. The predicted molar refractivity (Wildman–Crippen MR) is 126 cm³/mol. The molecule has 2 aliphatic rings. The molecule has 2 heterocycles. The van der Waals surface area contributed by atoms with Gasteiger partial charge in [-0.15, -0.1) is 11.3 Å². The van der Waals surface area contributed by atoms with Crippen LogP contribution in [0, 0.1) is 5.92 Å². The van der Waals surface area contributed by atoms with Crippen molar-refractivity contribution >= 4 is 23.3 Å². The predicted octanol–water partition coefficient (Wildman–Crippen LogP) is 4.72. The number of ether oxygens (including phenoxy) is 2. The van der Waals surface area contributed by atoms with Gasteiger partial charge in [-0.2, -0.15) is 0 Å². The molecule has 33 heavy (non-hydrogen) atoms. The Balaban J connectivity index is 1.16. The molecular weight excluding hydrogens is 436 g/mol. The lowest BCUT2D eigenvalue weighted by Crippen LogP contribution is -2.17. The third-order valence-electron chi connectivity index (χ3n) is 6.36. The van der Waals surface area contributed by atoms with E-state index in [0.29, 0.717) is 25.3 Å². The lowest BCUT2D eigenvalue weighted by atomic mass is 9.98. The number of esters is 2. The standard InChI is InChI=1S/C26H26N2O4S/c1-2-31-26(30)23-15-33-25(28-23)22-11-16(13-27-22)12-24(29)32-14-21-19-9-5-3-7-17(19)18-8-4-6-10-20(18)21/h3-10,15-16,21-22,27H,2,11-14H2,1H3/t16-,22-/m0/s1. The van der Waals surface area contributed by atoms with Gasteiger partial charge in [0.25, 0.3) is 0 Å². The molecule has 6 nitrogen and oxygen atoms in total. The second kappa shape index (κ2) is 9.45. The fourth-order valence-electron chi connectivity index (χ4n) is 4.81. The first-order valence-electron chi connectivity index (χ1n) is 11.3. The fraction of sp³-hybridized carbons (Fsp3) is 0.346. The lowest BCUT2D eigenvalue weighted by molar-refractivity contribution is -0.144. The summed E-state index contributed by atoms with van der Waals surface area (Å²) in [7, 11) is 0. The van der Waals surface area contributed by atoms with Gasteiger partial charge in [-0.25, -0.2) is 9.78 Å². The highest BCUT2D eigenvalue weighted by Gasteiger charge is 2.32. The van der Waals surface area contributed by atoms with E-state index in [2.05, 4.69) is 34.6 Å². The number of hydrogen-bond donors (Lipinski definition) is 1. The molecule has 1 aromatic heterocycles. The molecule has 1 N–H and O–H groups in total. The number of thiazole rings is 1. The Bertz CT molecular complexity index is 1130. The Hall–Kier alpha value is -3.03. The van der Waals surface area contributed by atoms with E-state index in [1.807, 2.05) is 24.3 Å². The maximum absolute atomic E-state index is 12.7. The van der Waals surface area contributed by atoms with Gasteiger partial charge in [-0.1, -0.05) is 48.5 Å². The van der Waals surface area contributed by atoms with Crippen molar-refractivity contribution in [3.63, 3.8) is 0 Å². The zero-order valence-electron chi connectivity index (χ0n) is 18.5. The maximum atomic E-state index is 12.7. The molecule has 0 bridgehead atoms. The molecule has 1 aliphatic heterocycles. The van der Waals surface area contributed by atoms with Crippen LogP contribution in [0.2, 0.25) is 0 Å². The monoisotopic (exact) mass is 462 g/mol. The molecule has 1 fully saturated rings. The number of carbonyl (C=O) groups is 2. The molecule has 2 atom stereocenters. The van der Waals surface area contributed by atoms with E-state index in [1.54, 1.807) is 12.3 Å². The maximum Gasteiger partial charge on any atom is 0.357 e. The number of fused-ring (bicyclic) bond motifs is 3. The molecule has 3 aromatic rings. The number of hydrogen-bond acceptors (Lipinski definition) is 7. The highest BCUT2D eigenvalue weighted by Crippen LogP contribution is 2.44. The van der Waals surface area contributed by atoms with Crippen LogP contribution in [0.25, 0.3) is 11.1 Å². The van der Waals surface area contributed by atoms with Crippen LogP contribution in [0.15, 0.2) is 53.9 Å². The number of nitrogens with one attached hydrogen (secondary N) is 1. The van der Waals surface area contributed by atoms with Gasteiger partial charge in [0.05, 0.1) is 12.6 Å². The third kappa shape index (κ3) is 4.43. The number of benzene rings is 2. The summed E-state index contributed by atoms with van der Waals surface area (Å²) in [6.45, 7) is 3.18. The Labute approximate surface area is 197 Å². The molecule has 1 saturated heterocycles. The van der Waals surface area contributed by atoms with Gasteiger partial charge in [-0.05, 0) is 48.1 Å². The molecule has 0 spiro atoms. The van der Waals surface area contributed by atoms with Crippen molar-refractivity contribution in [2.24, 2.45) is 5.92 Å². The van der Waals surface area contributed by atoms with Crippen molar-refractivity contribution in [2.75, 3.05) is 19.8 Å². The molecular formula is C26H26N2O4S. The molecule has 0 radical (unpaired) electrons. The molecule has 0 unspecified atom stereocenters. The summed E-state index contributed by atoms with van der Waals surface area (Å²) in [4.78, 5) is 28.9. The van der Waals surface area contributed by atoms with E-state index in [-0.39, 0.29) is 23.8 Å².